The zero-order chi connectivity index (χ0) is 26.6. The number of rotatable bonds is 12. The predicted molar refractivity (Wildman–Crippen MR) is 153 cm³/mol. The second-order valence-corrected chi connectivity index (χ2v) is 8.70. The van der Waals surface area contributed by atoms with E-state index >= 15 is 0 Å². The number of carbonyl (C=O) groups is 3. The van der Waals surface area contributed by atoms with Crippen LogP contribution in [0.25, 0.3) is 0 Å². The molecule has 0 radical (unpaired) electrons. The van der Waals surface area contributed by atoms with E-state index in [1.807, 2.05) is 41.3 Å². The van der Waals surface area contributed by atoms with Crippen LogP contribution < -0.4 is 4.90 Å². The Hall–Kier alpha value is -3.44. The third-order valence-corrected chi connectivity index (χ3v) is 6.05. The Morgan fingerprint density at radius 1 is 0.486 bits per heavy atom. The van der Waals surface area contributed by atoms with Crippen molar-refractivity contribution in [1.82, 2.24) is 0 Å². The minimum atomic E-state index is -0.0438. The first-order valence-corrected chi connectivity index (χ1v) is 12.7. The van der Waals surface area contributed by atoms with Crippen LogP contribution in [0.15, 0.2) is 108 Å². The maximum atomic E-state index is 12.4. The van der Waals surface area contributed by atoms with Gasteiger partial charge in [-0.05, 0) is 72.8 Å². The summed E-state index contributed by atoms with van der Waals surface area (Å²) in [4.78, 5) is 39.1. The van der Waals surface area contributed by atoms with Crippen molar-refractivity contribution < 1.29 is 14.4 Å². The molecule has 0 amide bonds. The number of ketones is 3. The Labute approximate surface area is 231 Å². The molecule has 3 rings (SSSR count). The first-order chi connectivity index (χ1) is 18.0. The molecule has 4 nitrogen and oxygen atoms in total. The minimum absolute atomic E-state index is 0.0438. The van der Waals surface area contributed by atoms with Crippen LogP contribution >= 0.6 is 34.8 Å². The van der Waals surface area contributed by atoms with Gasteiger partial charge in [-0.15, -0.1) is 0 Å². The van der Waals surface area contributed by atoms with Crippen LogP contribution in [-0.4, -0.2) is 17.3 Å². The van der Waals surface area contributed by atoms with E-state index in [1.54, 1.807) is 54.6 Å². The molecule has 37 heavy (non-hydrogen) atoms. The molecule has 188 valence electrons. The van der Waals surface area contributed by atoms with Gasteiger partial charge >= 0.3 is 0 Å². The van der Waals surface area contributed by atoms with Crippen LogP contribution in [0.2, 0.25) is 0 Å². The van der Waals surface area contributed by atoms with Gasteiger partial charge in [0.1, 0.15) is 0 Å². The fraction of sp³-hybridized carbons (Fsp3) is 0.100. The molecule has 0 aliphatic carbocycles. The Kier molecular flexibility index (Phi) is 10.9. The van der Waals surface area contributed by atoms with Gasteiger partial charge in [0, 0.05) is 69.6 Å². The molecule has 0 spiro atoms. The third-order valence-electron chi connectivity index (χ3n) is 5.52. The van der Waals surface area contributed by atoms with Crippen molar-refractivity contribution in [2.24, 2.45) is 0 Å². The lowest BCUT2D eigenvalue weighted by molar-refractivity contribution is 0.0988. The molecule has 0 N–H and O–H groups in total. The van der Waals surface area contributed by atoms with E-state index in [1.165, 1.54) is 16.6 Å². The summed E-state index contributed by atoms with van der Waals surface area (Å²) in [5.74, 6) is -0.131. The van der Waals surface area contributed by atoms with Crippen molar-refractivity contribution in [1.29, 1.82) is 0 Å². The molecule has 0 aliphatic rings. The van der Waals surface area contributed by atoms with E-state index < -0.39 is 0 Å². The van der Waals surface area contributed by atoms with Gasteiger partial charge in [0.2, 0.25) is 0 Å². The van der Waals surface area contributed by atoms with Crippen molar-refractivity contribution in [2.45, 2.75) is 19.3 Å². The van der Waals surface area contributed by atoms with E-state index in [2.05, 4.69) is 0 Å². The number of hydrogen-bond donors (Lipinski definition) is 0. The molecule has 0 aromatic heterocycles. The summed E-state index contributed by atoms with van der Waals surface area (Å²) < 4.78 is 0. The van der Waals surface area contributed by atoms with Gasteiger partial charge in [-0.1, -0.05) is 53.0 Å². The van der Waals surface area contributed by atoms with Crippen LogP contribution in [-0.2, 0) is 0 Å². The zero-order valence-electron chi connectivity index (χ0n) is 19.8. The highest BCUT2D eigenvalue weighted by atomic mass is 35.5. The Morgan fingerprint density at radius 2 is 0.730 bits per heavy atom. The smallest absolute Gasteiger partial charge is 0.166 e. The van der Waals surface area contributed by atoms with E-state index in [9.17, 15) is 14.4 Å². The van der Waals surface area contributed by atoms with Gasteiger partial charge in [0.15, 0.2) is 17.3 Å². The Balaban J connectivity index is 1.97. The summed E-state index contributed by atoms with van der Waals surface area (Å²) in [5.41, 5.74) is 8.10. The van der Waals surface area contributed by atoms with Crippen molar-refractivity contribution >= 4 is 69.2 Å². The molecule has 0 heterocycles. The summed E-state index contributed by atoms with van der Waals surface area (Å²) >= 11 is 16.6. The fourth-order valence-corrected chi connectivity index (χ4v) is 3.91. The number of hydrogen-bond acceptors (Lipinski definition) is 4. The lowest BCUT2D eigenvalue weighted by Gasteiger charge is -2.26. The highest BCUT2D eigenvalue weighted by Gasteiger charge is 2.15. The molecular weight excluding hydrogens is 529 g/mol. The van der Waals surface area contributed by atoms with E-state index in [4.69, 9.17) is 34.8 Å². The Bertz CT molecular complexity index is 1140. The Morgan fingerprint density at radius 3 is 0.946 bits per heavy atom. The number of nitrogens with zero attached hydrogens (tertiary/aromatic N) is 1. The van der Waals surface area contributed by atoms with Gasteiger partial charge in [0.05, 0.1) is 0 Å². The van der Waals surface area contributed by atoms with Crippen LogP contribution in [0.1, 0.15) is 50.3 Å². The topological polar surface area (TPSA) is 54.5 Å². The second kappa shape index (κ2) is 14.3. The van der Waals surface area contributed by atoms with Gasteiger partial charge < -0.3 is 4.90 Å². The van der Waals surface area contributed by atoms with Gasteiger partial charge in [-0.25, -0.2) is 0 Å². The highest BCUT2D eigenvalue weighted by molar-refractivity contribution is 6.26. The average molecular weight is 553 g/mol. The molecule has 0 aliphatic heterocycles. The molecule has 0 saturated heterocycles. The maximum Gasteiger partial charge on any atom is 0.166 e. The molecule has 0 unspecified atom stereocenters. The lowest BCUT2D eigenvalue weighted by Crippen LogP contribution is -2.11. The van der Waals surface area contributed by atoms with Crippen LogP contribution in [0.5, 0.6) is 0 Å². The van der Waals surface area contributed by atoms with Gasteiger partial charge in [-0.2, -0.15) is 0 Å². The van der Waals surface area contributed by atoms with Gasteiger partial charge in [-0.3, -0.25) is 14.4 Å². The monoisotopic (exact) mass is 551 g/mol. The van der Waals surface area contributed by atoms with Crippen LogP contribution in [0, 0.1) is 0 Å². The number of benzene rings is 3. The quantitative estimate of drug-likeness (QED) is 0.210. The largest absolute Gasteiger partial charge is 0.311 e. The molecule has 0 bridgehead atoms. The zero-order valence-corrected chi connectivity index (χ0v) is 22.1. The molecule has 0 atom stereocenters. The molecule has 7 heteroatoms. The van der Waals surface area contributed by atoms with Crippen molar-refractivity contribution in [3.63, 3.8) is 0 Å². The summed E-state index contributed by atoms with van der Waals surface area (Å²) in [6.07, 6.45) is 5.45. The highest BCUT2D eigenvalue weighted by Crippen LogP contribution is 2.35. The summed E-state index contributed by atoms with van der Waals surface area (Å²) in [5, 5.41) is 0. The van der Waals surface area contributed by atoms with Crippen molar-refractivity contribution in [2.75, 3.05) is 4.90 Å². The molecule has 3 aromatic rings. The van der Waals surface area contributed by atoms with Crippen LogP contribution in [0.3, 0.4) is 0 Å². The number of anilines is 3. The second-order valence-electron chi connectivity index (χ2n) is 7.94. The van der Waals surface area contributed by atoms with E-state index in [0.29, 0.717) is 16.7 Å². The summed E-state index contributed by atoms with van der Waals surface area (Å²) in [6.45, 7) is 0. The molecule has 0 fully saturated rings. The number of allylic oxidation sites excluding steroid dienone is 3. The number of carbonyl (C=O) groups excluding carboxylic acids is 3. The number of Topliss-reactive ketones (excluding diaryl/α,β-unsaturated/α-hetero) is 3. The standard InChI is InChI=1S/C30H24Cl3NO3/c31-19-1-4-28(35)22-7-13-25(14-8-22)34(26-15-9-23(10-16-26)29(36)5-2-20-32)27-17-11-24(12-18-27)30(37)6-3-21-33/h1-3,7-21H,4-6H2. The van der Waals surface area contributed by atoms with Gasteiger partial charge in [0.25, 0.3) is 0 Å². The summed E-state index contributed by atoms with van der Waals surface area (Å²) in [6, 6.07) is 21.7. The van der Waals surface area contributed by atoms with Crippen LogP contribution in [0.4, 0.5) is 17.1 Å². The normalized spacial score (nSPS) is 11.4. The molecule has 0 saturated carbocycles. The predicted octanol–water partition coefficient (Wildman–Crippen LogP) is 9.13. The number of halogens is 3. The maximum absolute atomic E-state index is 12.4. The average Bonchev–Trinajstić information content (AvgIpc) is 2.94. The summed E-state index contributed by atoms with van der Waals surface area (Å²) in [7, 11) is 0. The first kappa shape index (κ1) is 28.1. The third kappa shape index (κ3) is 7.77. The fourth-order valence-electron chi connectivity index (χ4n) is 3.64. The van der Waals surface area contributed by atoms with E-state index in [0.717, 1.165) is 17.1 Å². The minimum Gasteiger partial charge on any atom is -0.311 e. The molecular formula is C30H24Cl3NO3. The first-order valence-electron chi connectivity index (χ1n) is 11.4. The van der Waals surface area contributed by atoms with Crippen molar-refractivity contribution in [3.8, 4) is 0 Å². The molecule has 3 aromatic carbocycles. The van der Waals surface area contributed by atoms with Crippen molar-refractivity contribution in [3.05, 3.63) is 124 Å². The lowest BCUT2D eigenvalue weighted by atomic mass is 10.0. The van der Waals surface area contributed by atoms with E-state index in [-0.39, 0.29) is 36.6 Å². The SMILES string of the molecule is O=C(CC=CCl)c1ccc(N(c2ccc(C(=O)CC=CCl)cc2)c2ccc(C(=O)CC=CCl)cc2)cc1.